The molecule has 164 valence electrons. The molecule has 1 atom stereocenters. The Bertz CT molecular complexity index is 1090. The van der Waals surface area contributed by atoms with E-state index in [4.69, 9.17) is 4.74 Å². The van der Waals surface area contributed by atoms with Crippen molar-refractivity contribution in [1.29, 1.82) is 0 Å². The van der Waals surface area contributed by atoms with E-state index in [0.29, 0.717) is 11.3 Å². The highest BCUT2D eigenvalue weighted by Gasteiger charge is 2.31. The van der Waals surface area contributed by atoms with Gasteiger partial charge in [-0.1, -0.05) is 24.3 Å². The van der Waals surface area contributed by atoms with Gasteiger partial charge in [0, 0.05) is 18.0 Å². The molecule has 3 aromatic rings. The van der Waals surface area contributed by atoms with Crippen molar-refractivity contribution in [2.75, 3.05) is 20.2 Å². The van der Waals surface area contributed by atoms with E-state index in [9.17, 15) is 18.0 Å². The van der Waals surface area contributed by atoms with E-state index in [0.717, 1.165) is 22.6 Å². The molecule has 0 aliphatic heterocycles. The van der Waals surface area contributed by atoms with Crippen LogP contribution in [0.1, 0.15) is 15.7 Å². The van der Waals surface area contributed by atoms with Crippen molar-refractivity contribution in [2.24, 2.45) is 0 Å². The number of hydrogen-bond acceptors (Lipinski definition) is 7. The quantitative estimate of drug-likeness (QED) is 0.461. The van der Waals surface area contributed by atoms with Crippen molar-refractivity contribution in [3.05, 3.63) is 69.7 Å². The maximum atomic E-state index is 13.0. The molecule has 10 heteroatoms. The maximum absolute atomic E-state index is 13.0. The number of carbonyl (C=O) groups is 2. The number of hydrogen-bond donors (Lipinski definition) is 2. The predicted octanol–water partition coefficient (Wildman–Crippen LogP) is 2.81. The molecule has 2 amide bonds. The topological polar surface area (TPSA) is 102 Å². The monoisotopic (exact) mass is 478 g/mol. The van der Waals surface area contributed by atoms with Gasteiger partial charge in [-0.3, -0.25) is 9.59 Å². The number of ether oxygens (including phenoxy) is 1. The minimum Gasteiger partial charge on any atom is -0.497 e. The van der Waals surface area contributed by atoms with Gasteiger partial charge in [0.2, 0.25) is 0 Å². The standard InChI is InChI=1S/C21H22N2O5S3/c1-28-16-8-6-15(7-9-16)10-11-22-20(24)21(25)23-14-18(17-4-2-12-29-17)31(26,27)19-5-3-13-30-19/h2-9,12-13,18H,10-11,14H2,1H3,(H,22,24)(H,23,25)/t18-/m1/s1. The smallest absolute Gasteiger partial charge is 0.309 e. The average molecular weight is 479 g/mol. The number of sulfone groups is 1. The molecule has 2 heterocycles. The molecule has 0 radical (unpaired) electrons. The average Bonchev–Trinajstić information content (AvgIpc) is 3.49. The highest BCUT2D eigenvalue weighted by atomic mass is 32.2. The largest absolute Gasteiger partial charge is 0.497 e. The van der Waals surface area contributed by atoms with Crippen molar-refractivity contribution in [2.45, 2.75) is 15.9 Å². The van der Waals surface area contributed by atoms with Gasteiger partial charge < -0.3 is 15.4 Å². The third kappa shape index (κ3) is 5.93. The number of thiophene rings is 2. The minimum absolute atomic E-state index is 0.189. The lowest BCUT2D eigenvalue weighted by molar-refractivity contribution is -0.139. The molecule has 3 rings (SSSR count). The summed E-state index contributed by atoms with van der Waals surface area (Å²) in [6.07, 6.45) is 0.549. The zero-order valence-electron chi connectivity index (χ0n) is 16.7. The van der Waals surface area contributed by atoms with Crippen molar-refractivity contribution in [3.63, 3.8) is 0 Å². The molecule has 1 aromatic carbocycles. The molecule has 7 nitrogen and oxygen atoms in total. The first-order valence-electron chi connectivity index (χ1n) is 9.41. The second-order valence-corrected chi connectivity index (χ2v) is 10.8. The van der Waals surface area contributed by atoms with Gasteiger partial charge in [0.05, 0.1) is 7.11 Å². The third-order valence-corrected chi connectivity index (χ3v) is 9.17. The van der Waals surface area contributed by atoms with Crippen LogP contribution >= 0.6 is 22.7 Å². The second kappa shape index (κ2) is 10.6. The minimum atomic E-state index is -3.69. The van der Waals surface area contributed by atoms with Crippen molar-refractivity contribution in [3.8, 4) is 5.75 Å². The van der Waals surface area contributed by atoms with Crippen LogP contribution in [-0.2, 0) is 25.8 Å². The fourth-order valence-electron chi connectivity index (χ4n) is 2.86. The Labute approximate surface area is 189 Å². The van der Waals surface area contributed by atoms with E-state index >= 15 is 0 Å². The lowest BCUT2D eigenvalue weighted by atomic mass is 10.1. The van der Waals surface area contributed by atoms with E-state index in [-0.39, 0.29) is 17.3 Å². The molecular weight excluding hydrogens is 456 g/mol. The molecule has 0 aliphatic rings. The number of methoxy groups -OCH3 is 1. The SMILES string of the molecule is COc1ccc(CCNC(=O)C(=O)NC[C@H](c2cccs2)S(=O)(=O)c2cccs2)cc1. The first-order valence-corrected chi connectivity index (χ1v) is 12.7. The first-order chi connectivity index (χ1) is 14.9. The molecule has 0 saturated heterocycles. The van der Waals surface area contributed by atoms with Crippen molar-refractivity contribution in [1.82, 2.24) is 10.6 Å². The van der Waals surface area contributed by atoms with Crippen molar-refractivity contribution >= 4 is 44.3 Å². The van der Waals surface area contributed by atoms with Crippen LogP contribution in [0.2, 0.25) is 0 Å². The van der Waals surface area contributed by atoms with Gasteiger partial charge >= 0.3 is 11.8 Å². The highest BCUT2D eigenvalue weighted by molar-refractivity contribution is 7.93. The zero-order valence-corrected chi connectivity index (χ0v) is 19.2. The second-order valence-electron chi connectivity index (χ2n) is 6.55. The van der Waals surface area contributed by atoms with Gasteiger partial charge in [0.15, 0.2) is 9.84 Å². The molecule has 0 unspecified atom stereocenters. The van der Waals surface area contributed by atoms with Crippen LogP contribution in [0.25, 0.3) is 0 Å². The summed E-state index contributed by atoms with van der Waals surface area (Å²) < 4.78 is 31.3. The summed E-state index contributed by atoms with van der Waals surface area (Å²) in [7, 11) is -2.10. The molecular formula is C21H22N2O5S3. The van der Waals surface area contributed by atoms with E-state index in [1.54, 1.807) is 36.1 Å². The molecule has 0 fully saturated rings. The Morgan fingerprint density at radius 1 is 0.968 bits per heavy atom. The molecule has 0 spiro atoms. The number of nitrogens with one attached hydrogen (secondary N) is 2. The Kier molecular flexibility index (Phi) is 7.83. The third-order valence-electron chi connectivity index (χ3n) is 4.52. The number of carbonyl (C=O) groups excluding carboxylic acids is 2. The summed E-state index contributed by atoms with van der Waals surface area (Å²) in [6, 6.07) is 14.1. The molecule has 2 aromatic heterocycles. The van der Waals surface area contributed by atoms with Crippen LogP contribution in [0.4, 0.5) is 0 Å². The fraction of sp³-hybridized carbons (Fsp3) is 0.238. The highest BCUT2D eigenvalue weighted by Crippen LogP contribution is 2.33. The Morgan fingerprint density at radius 3 is 2.26 bits per heavy atom. The van der Waals surface area contributed by atoms with Gasteiger partial charge in [-0.2, -0.15) is 0 Å². The predicted molar refractivity (Wildman–Crippen MR) is 121 cm³/mol. The van der Waals surface area contributed by atoms with Crippen LogP contribution in [0.3, 0.4) is 0 Å². The Hall–Kier alpha value is -2.69. The molecule has 0 saturated carbocycles. The van der Waals surface area contributed by atoms with Gasteiger partial charge in [-0.15, -0.1) is 22.7 Å². The van der Waals surface area contributed by atoms with Crippen LogP contribution in [-0.4, -0.2) is 40.4 Å². The van der Waals surface area contributed by atoms with Gasteiger partial charge in [0.1, 0.15) is 15.2 Å². The lowest BCUT2D eigenvalue weighted by Crippen LogP contribution is -2.42. The summed E-state index contributed by atoms with van der Waals surface area (Å²) in [5.41, 5.74) is 0.987. The number of benzene rings is 1. The Morgan fingerprint density at radius 2 is 1.65 bits per heavy atom. The summed E-state index contributed by atoms with van der Waals surface area (Å²) in [4.78, 5) is 25.0. The van der Waals surface area contributed by atoms with E-state index in [1.165, 1.54) is 17.4 Å². The number of rotatable bonds is 9. The van der Waals surface area contributed by atoms with Crippen LogP contribution in [0, 0.1) is 0 Å². The molecule has 31 heavy (non-hydrogen) atoms. The van der Waals surface area contributed by atoms with E-state index in [2.05, 4.69) is 10.6 Å². The maximum Gasteiger partial charge on any atom is 0.309 e. The summed E-state index contributed by atoms with van der Waals surface area (Å²) in [6.45, 7) is 0.0892. The lowest BCUT2D eigenvalue weighted by Gasteiger charge is -2.16. The first kappa shape index (κ1) is 23.0. The normalized spacial score (nSPS) is 12.2. The number of amides is 2. The van der Waals surface area contributed by atoms with Crippen LogP contribution in [0.5, 0.6) is 5.75 Å². The molecule has 0 aliphatic carbocycles. The molecule has 0 bridgehead atoms. The van der Waals surface area contributed by atoms with E-state index in [1.807, 2.05) is 24.3 Å². The summed E-state index contributed by atoms with van der Waals surface area (Å²) in [5, 5.41) is 7.53. The van der Waals surface area contributed by atoms with Crippen LogP contribution < -0.4 is 15.4 Å². The van der Waals surface area contributed by atoms with Crippen molar-refractivity contribution < 1.29 is 22.7 Å². The van der Waals surface area contributed by atoms with Crippen LogP contribution in [0.15, 0.2) is 63.5 Å². The van der Waals surface area contributed by atoms with Gasteiger partial charge in [-0.05, 0) is 47.0 Å². The zero-order chi connectivity index (χ0) is 22.3. The van der Waals surface area contributed by atoms with Gasteiger partial charge in [0.25, 0.3) is 0 Å². The molecule has 2 N–H and O–H groups in total. The summed E-state index contributed by atoms with van der Waals surface area (Å²) in [5.74, 6) is -0.922. The summed E-state index contributed by atoms with van der Waals surface area (Å²) >= 11 is 2.42. The Balaban J connectivity index is 1.56. The van der Waals surface area contributed by atoms with Gasteiger partial charge in [-0.25, -0.2) is 8.42 Å². The fourth-order valence-corrected chi connectivity index (χ4v) is 6.85. The van der Waals surface area contributed by atoms with E-state index < -0.39 is 26.9 Å².